The molecule has 15 heavy (non-hydrogen) atoms. The molecule has 1 aromatic rings. The lowest BCUT2D eigenvalue weighted by Gasteiger charge is -2.19. The summed E-state index contributed by atoms with van der Waals surface area (Å²) >= 11 is 3.45. The monoisotopic (exact) mass is 264 g/mol. The fraction of sp³-hybridized carbons (Fsp3) is 0.417. The summed E-state index contributed by atoms with van der Waals surface area (Å²) in [5.74, 6) is 0.732. The molecule has 1 aliphatic heterocycles. The van der Waals surface area contributed by atoms with Gasteiger partial charge < -0.3 is 4.90 Å². The van der Waals surface area contributed by atoms with Gasteiger partial charge in [-0.3, -0.25) is 0 Å². The molecule has 0 aliphatic carbocycles. The van der Waals surface area contributed by atoms with E-state index in [9.17, 15) is 0 Å². The van der Waals surface area contributed by atoms with Crippen LogP contribution >= 0.6 is 15.9 Å². The van der Waals surface area contributed by atoms with E-state index < -0.39 is 0 Å². The number of hydrogen-bond donors (Lipinski definition) is 0. The molecule has 0 N–H and O–H groups in total. The van der Waals surface area contributed by atoms with Gasteiger partial charge in [0.1, 0.15) is 6.07 Å². The quantitative estimate of drug-likeness (QED) is 0.779. The third-order valence-corrected chi connectivity index (χ3v) is 3.34. The molecule has 0 radical (unpaired) electrons. The van der Waals surface area contributed by atoms with Gasteiger partial charge in [-0.15, -0.1) is 0 Å². The normalized spacial score (nSPS) is 20.3. The van der Waals surface area contributed by atoms with Crippen LogP contribution < -0.4 is 4.90 Å². The number of nitrogens with zero attached hydrogens (tertiary/aromatic N) is 2. The Morgan fingerprint density at radius 1 is 1.53 bits per heavy atom. The molecule has 0 amide bonds. The highest BCUT2D eigenvalue weighted by atomic mass is 79.9. The summed E-state index contributed by atoms with van der Waals surface area (Å²) in [6, 6.07) is 8.09. The minimum atomic E-state index is 0.732. The van der Waals surface area contributed by atoms with E-state index in [0.29, 0.717) is 0 Å². The molecular formula is C12H13BrN2. The van der Waals surface area contributed by atoms with Gasteiger partial charge in [-0.05, 0) is 30.5 Å². The topological polar surface area (TPSA) is 27.0 Å². The molecule has 1 unspecified atom stereocenters. The average Bonchev–Trinajstić information content (AvgIpc) is 2.65. The fourth-order valence-corrected chi connectivity index (χ4v) is 2.36. The molecule has 0 spiro atoms. The van der Waals surface area contributed by atoms with Gasteiger partial charge in [-0.25, -0.2) is 0 Å². The lowest BCUT2D eigenvalue weighted by atomic mass is 10.1. The predicted molar refractivity (Wildman–Crippen MR) is 64.9 cm³/mol. The third kappa shape index (κ3) is 2.15. The Labute approximate surface area is 98.6 Å². The summed E-state index contributed by atoms with van der Waals surface area (Å²) in [7, 11) is 0. The van der Waals surface area contributed by atoms with Gasteiger partial charge in [0.2, 0.25) is 0 Å². The van der Waals surface area contributed by atoms with Gasteiger partial charge in [0.25, 0.3) is 0 Å². The molecular weight excluding hydrogens is 252 g/mol. The number of nitriles is 1. The zero-order valence-electron chi connectivity index (χ0n) is 8.70. The van der Waals surface area contributed by atoms with Crippen LogP contribution in [0.5, 0.6) is 0 Å². The van der Waals surface area contributed by atoms with Crippen LogP contribution in [0.3, 0.4) is 0 Å². The standard InChI is InChI=1S/C12H13BrN2/c1-9-4-5-15(8-9)12-6-11(13)3-2-10(12)7-14/h2-3,6,9H,4-5,8H2,1H3. The zero-order chi connectivity index (χ0) is 10.8. The minimum absolute atomic E-state index is 0.732. The molecule has 2 rings (SSSR count). The second-order valence-electron chi connectivity index (χ2n) is 4.11. The first-order valence-corrected chi connectivity index (χ1v) is 5.94. The van der Waals surface area contributed by atoms with Gasteiger partial charge in [0, 0.05) is 17.6 Å². The van der Waals surface area contributed by atoms with Crippen molar-refractivity contribution in [2.24, 2.45) is 5.92 Å². The molecule has 78 valence electrons. The predicted octanol–water partition coefficient (Wildman–Crippen LogP) is 3.17. The Morgan fingerprint density at radius 2 is 2.33 bits per heavy atom. The maximum Gasteiger partial charge on any atom is 0.101 e. The van der Waals surface area contributed by atoms with Crippen LogP contribution in [-0.2, 0) is 0 Å². The van der Waals surface area contributed by atoms with E-state index in [1.807, 2.05) is 18.2 Å². The second-order valence-corrected chi connectivity index (χ2v) is 5.03. The largest absolute Gasteiger partial charge is 0.370 e. The third-order valence-electron chi connectivity index (χ3n) is 2.84. The molecule has 0 aromatic heterocycles. The highest BCUT2D eigenvalue weighted by molar-refractivity contribution is 9.10. The number of benzene rings is 1. The summed E-state index contributed by atoms with van der Waals surface area (Å²) in [5.41, 5.74) is 1.84. The van der Waals surface area contributed by atoms with Gasteiger partial charge in [-0.1, -0.05) is 22.9 Å². The summed E-state index contributed by atoms with van der Waals surface area (Å²) in [5, 5.41) is 9.04. The highest BCUT2D eigenvalue weighted by Gasteiger charge is 2.21. The van der Waals surface area contributed by atoms with Crippen molar-refractivity contribution < 1.29 is 0 Å². The number of anilines is 1. The smallest absolute Gasteiger partial charge is 0.101 e. The molecule has 1 aliphatic rings. The molecule has 1 fully saturated rings. The lowest BCUT2D eigenvalue weighted by Crippen LogP contribution is -2.20. The number of halogens is 1. The Bertz CT molecular complexity index is 409. The fourth-order valence-electron chi connectivity index (χ4n) is 2.01. The van der Waals surface area contributed by atoms with Crippen molar-refractivity contribution in [1.82, 2.24) is 0 Å². The zero-order valence-corrected chi connectivity index (χ0v) is 10.3. The van der Waals surface area contributed by atoms with Gasteiger partial charge >= 0.3 is 0 Å². The SMILES string of the molecule is CC1CCN(c2cc(Br)ccc2C#N)C1. The van der Waals surface area contributed by atoms with Crippen LogP contribution in [0.15, 0.2) is 22.7 Å². The maximum atomic E-state index is 9.04. The minimum Gasteiger partial charge on any atom is -0.370 e. The van der Waals surface area contributed by atoms with Gasteiger partial charge in [-0.2, -0.15) is 5.26 Å². The van der Waals surface area contributed by atoms with Crippen molar-refractivity contribution >= 4 is 21.6 Å². The van der Waals surface area contributed by atoms with E-state index in [2.05, 4.69) is 33.8 Å². The van der Waals surface area contributed by atoms with Crippen LogP contribution in [-0.4, -0.2) is 13.1 Å². The molecule has 0 bridgehead atoms. The van der Waals surface area contributed by atoms with E-state index >= 15 is 0 Å². The van der Waals surface area contributed by atoms with Crippen molar-refractivity contribution in [3.63, 3.8) is 0 Å². The molecule has 1 atom stereocenters. The summed E-state index contributed by atoms with van der Waals surface area (Å²) in [6.45, 7) is 4.38. The van der Waals surface area contributed by atoms with Crippen molar-refractivity contribution in [1.29, 1.82) is 5.26 Å². The van der Waals surface area contributed by atoms with Crippen LogP contribution in [0.4, 0.5) is 5.69 Å². The molecule has 1 saturated heterocycles. The summed E-state index contributed by atoms with van der Waals surface area (Å²) < 4.78 is 1.04. The van der Waals surface area contributed by atoms with Gasteiger partial charge in [0.05, 0.1) is 11.3 Å². The van der Waals surface area contributed by atoms with E-state index in [0.717, 1.165) is 34.7 Å². The summed E-state index contributed by atoms with van der Waals surface area (Å²) in [4.78, 5) is 2.30. The van der Waals surface area contributed by atoms with E-state index in [1.165, 1.54) is 6.42 Å². The molecule has 1 heterocycles. The van der Waals surface area contributed by atoms with Gasteiger partial charge in [0.15, 0.2) is 0 Å². The Kier molecular flexibility index (Phi) is 2.97. The van der Waals surface area contributed by atoms with Crippen molar-refractivity contribution in [2.45, 2.75) is 13.3 Å². The van der Waals surface area contributed by atoms with Crippen LogP contribution in [0.2, 0.25) is 0 Å². The Morgan fingerprint density at radius 3 is 2.93 bits per heavy atom. The maximum absolute atomic E-state index is 9.04. The molecule has 1 aromatic carbocycles. The van der Waals surface area contributed by atoms with Crippen molar-refractivity contribution in [3.05, 3.63) is 28.2 Å². The second kappa shape index (κ2) is 4.24. The number of rotatable bonds is 1. The average molecular weight is 265 g/mol. The highest BCUT2D eigenvalue weighted by Crippen LogP contribution is 2.29. The van der Waals surface area contributed by atoms with E-state index in [-0.39, 0.29) is 0 Å². The van der Waals surface area contributed by atoms with E-state index in [4.69, 9.17) is 5.26 Å². The van der Waals surface area contributed by atoms with E-state index in [1.54, 1.807) is 0 Å². The molecule has 3 heteroatoms. The first-order chi connectivity index (χ1) is 7.20. The van der Waals surface area contributed by atoms with Crippen molar-refractivity contribution in [3.8, 4) is 6.07 Å². The molecule has 0 saturated carbocycles. The number of hydrogen-bond acceptors (Lipinski definition) is 2. The molecule has 2 nitrogen and oxygen atoms in total. The Hall–Kier alpha value is -1.01. The Balaban J connectivity index is 2.34. The van der Waals surface area contributed by atoms with Crippen LogP contribution in [0.25, 0.3) is 0 Å². The van der Waals surface area contributed by atoms with Crippen LogP contribution in [0, 0.1) is 17.2 Å². The van der Waals surface area contributed by atoms with Crippen molar-refractivity contribution in [2.75, 3.05) is 18.0 Å². The first kappa shape index (κ1) is 10.5. The lowest BCUT2D eigenvalue weighted by molar-refractivity contribution is 0.659. The first-order valence-electron chi connectivity index (χ1n) is 5.15. The van der Waals surface area contributed by atoms with Crippen LogP contribution in [0.1, 0.15) is 18.9 Å². The summed E-state index contributed by atoms with van der Waals surface area (Å²) in [6.07, 6.45) is 1.22.